The van der Waals surface area contributed by atoms with E-state index in [0.29, 0.717) is 0 Å². The van der Waals surface area contributed by atoms with Crippen molar-refractivity contribution < 1.29 is 4.57 Å². The van der Waals surface area contributed by atoms with Crippen LogP contribution in [0.15, 0.2) is 30.6 Å². The number of aryl methyl sites for hydroxylation is 1. The van der Waals surface area contributed by atoms with E-state index in [1.54, 1.807) is 0 Å². The molecule has 0 aliphatic heterocycles. The van der Waals surface area contributed by atoms with Crippen LogP contribution >= 0.6 is 0 Å². The van der Waals surface area contributed by atoms with Gasteiger partial charge >= 0.3 is 0 Å². The number of hydrogen-bond acceptors (Lipinski definition) is 1. The van der Waals surface area contributed by atoms with E-state index in [9.17, 15) is 0 Å². The molecule has 0 atom stereocenters. The van der Waals surface area contributed by atoms with Gasteiger partial charge in [-0.3, -0.25) is 0 Å². The standard InChI is InChI=1S/C17H31N2/c18-14-10-7-5-3-1-2-4-6-8-11-15-19-16-12-9-13-17-19/h9,12-13,16-17H,1-8,10-11,14-15,18H2/q+1. The lowest BCUT2D eigenvalue weighted by atomic mass is 10.1. The van der Waals surface area contributed by atoms with E-state index in [-0.39, 0.29) is 0 Å². The van der Waals surface area contributed by atoms with Crippen molar-refractivity contribution in [1.29, 1.82) is 0 Å². The first-order valence-corrected chi connectivity index (χ1v) is 8.07. The molecule has 0 unspecified atom stereocenters. The lowest BCUT2D eigenvalue weighted by Gasteiger charge is -2.01. The zero-order valence-corrected chi connectivity index (χ0v) is 12.4. The molecule has 0 bridgehead atoms. The van der Waals surface area contributed by atoms with Crippen LogP contribution in [0.2, 0.25) is 0 Å². The monoisotopic (exact) mass is 263 g/mol. The summed E-state index contributed by atoms with van der Waals surface area (Å²) in [7, 11) is 0. The molecule has 108 valence electrons. The van der Waals surface area contributed by atoms with Gasteiger partial charge in [-0.2, -0.15) is 0 Å². The van der Waals surface area contributed by atoms with Crippen LogP contribution in [0, 0.1) is 0 Å². The van der Waals surface area contributed by atoms with Gasteiger partial charge < -0.3 is 5.73 Å². The molecule has 0 saturated carbocycles. The second-order valence-corrected chi connectivity index (χ2v) is 5.44. The van der Waals surface area contributed by atoms with Crippen molar-refractivity contribution in [3.8, 4) is 0 Å². The molecular weight excluding hydrogens is 232 g/mol. The molecule has 19 heavy (non-hydrogen) atoms. The molecule has 2 nitrogen and oxygen atoms in total. The second-order valence-electron chi connectivity index (χ2n) is 5.44. The van der Waals surface area contributed by atoms with Gasteiger partial charge in [0, 0.05) is 18.6 Å². The number of unbranched alkanes of at least 4 members (excludes halogenated alkanes) is 9. The van der Waals surface area contributed by atoms with E-state index >= 15 is 0 Å². The predicted octanol–water partition coefficient (Wildman–Crippen LogP) is 3.83. The maximum absolute atomic E-state index is 5.48. The highest BCUT2D eigenvalue weighted by atomic mass is 14.9. The Hall–Kier alpha value is -0.890. The summed E-state index contributed by atoms with van der Waals surface area (Å²) in [6.45, 7) is 2.03. The first kappa shape index (κ1) is 16.2. The van der Waals surface area contributed by atoms with Gasteiger partial charge in [0.2, 0.25) is 0 Å². The van der Waals surface area contributed by atoms with Crippen molar-refractivity contribution in [2.24, 2.45) is 5.73 Å². The summed E-state index contributed by atoms with van der Waals surface area (Å²) in [5.41, 5.74) is 5.48. The minimum Gasteiger partial charge on any atom is -0.330 e. The highest BCUT2D eigenvalue weighted by Crippen LogP contribution is 2.10. The van der Waals surface area contributed by atoms with E-state index < -0.39 is 0 Å². The highest BCUT2D eigenvalue weighted by molar-refractivity contribution is 4.83. The summed E-state index contributed by atoms with van der Waals surface area (Å²) in [6.07, 6.45) is 17.9. The molecule has 0 fully saturated rings. The van der Waals surface area contributed by atoms with Gasteiger partial charge in [-0.25, -0.2) is 4.57 Å². The predicted molar refractivity (Wildman–Crippen MR) is 81.9 cm³/mol. The Kier molecular flexibility index (Phi) is 10.3. The van der Waals surface area contributed by atoms with E-state index in [0.717, 1.165) is 6.54 Å². The Bertz CT molecular complexity index is 285. The second kappa shape index (κ2) is 12.2. The summed E-state index contributed by atoms with van der Waals surface area (Å²) in [5.74, 6) is 0. The molecule has 1 aromatic heterocycles. The SMILES string of the molecule is NCCCCCCCCCCCC[n+]1ccccc1. The van der Waals surface area contributed by atoms with Gasteiger partial charge in [0.05, 0.1) is 0 Å². The summed E-state index contributed by atoms with van der Waals surface area (Å²) in [6, 6.07) is 6.28. The Balaban J connectivity index is 1.79. The zero-order chi connectivity index (χ0) is 13.6. The Morgan fingerprint density at radius 3 is 1.58 bits per heavy atom. The lowest BCUT2D eigenvalue weighted by Crippen LogP contribution is -2.32. The maximum atomic E-state index is 5.48. The number of aromatic nitrogens is 1. The molecule has 0 saturated heterocycles. The fourth-order valence-electron chi connectivity index (χ4n) is 2.44. The molecule has 0 aliphatic carbocycles. The third-order valence-corrected chi connectivity index (χ3v) is 3.65. The number of pyridine rings is 1. The average molecular weight is 263 g/mol. The van der Waals surface area contributed by atoms with Crippen LogP contribution in [0.1, 0.15) is 64.2 Å². The molecule has 0 radical (unpaired) electrons. The summed E-state index contributed by atoms with van der Waals surface area (Å²) < 4.78 is 2.28. The van der Waals surface area contributed by atoms with E-state index in [1.807, 2.05) is 0 Å². The number of hydrogen-bond donors (Lipinski definition) is 1. The van der Waals surface area contributed by atoms with E-state index in [4.69, 9.17) is 5.73 Å². The number of nitrogens with zero attached hydrogens (tertiary/aromatic N) is 1. The number of nitrogens with two attached hydrogens (primary N) is 1. The lowest BCUT2D eigenvalue weighted by molar-refractivity contribution is -0.697. The zero-order valence-electron chi connectivity index (χ0n) is 12.4. The molecule has 1 aromatic rings. The molecule has 2 N–H and O–H groups in total. The Labute approximate surface area is 119 Å². The van der Waals surface area contributed by atoms with Gasteiger partial charge in [0.25, 0.3) is 0 Å². The van der Waals surface area contributed by atoms with E-state index in [1.165, 1.54) is 70.8 Å². The first-order chi connectivity index (χ1) is 9.43. The third-order valence-electron chi connectivity index (χ3n) is 3.65. The minimum absolute atomic E-state index is 0.861. The molecule has 0 amide bonds. The summed E-state index contributed by atoms with van der Waals surface area (Å²) >= 11 is 0. The van der Waals surface area contributed by atoms with Crippen LogP contribution < -0.4 is 10.3 Å². The van der Waals surface area contributed by atoms with Gasteiger partial charge in [-0.15, -0.1) is 0 Å². The smallest absolute Gasteiger partial charge is 0.168 e. The van der Waals surface area contributed by atoms with Crippen LogP contribution in [-0.2, 0) is 6.54 Å². The van der Waals surface area contributed by atoms with Crippen LogP contribution in [0.5, 0.6) is 0 Å². The van der Waals surface area contributed by atoms with Gasteiger partial charge in [0.1, 0.15) is 6.54 Å². The van der Waals surface area contributed by atoms with Crippen molar-refractivity contribution in [2.75, 3.05) is 6.54 Å². The molecule has 0 spiro atoms. The van der Waals surface area contributed by atoms with Crippen LogP contribution in [-0.4, -0.2) is 6.54 Å². The fourth-order valence-corrected chi connectivity index (χ4v) is 2.44. The number of rotatable bonds is 12. The quantitative estimate of drug-likeness (QED) is 0.451. The fraction of sp³-hybridized carbons (Fsp3) is 0.706. The van der Waals surface area contributed by atoms with Crippen molar-refractivity contribution in [3.63, 3.8) is 0 Å². The molecule has 2 heteroatoms. The molecule has 1 rings (SSSR count). The van der Waals surface area contributed by atoms with Crippen molar-refractivity contribution >= 4 is 0 Å². The van der Waals surface area contributed by atoms with Crippen LogP contribution in [0.25, 0.3) is 0 Å². The minimum atomic E-state index is 0.861. The van der Waals surface area contributed by atoms with Gasteiger partial charge in [-0.1, -0.05) is 51.0 Å². The highest BCUT2D eigenvalue weighted by Gasteiger charge is 1.97. The molecule has 0 aromatic carbocycles. The summed E-state index contributed by atoms with van der Waals surface area (Å²) in [5, 5.41) is 0. The topological polar surface area (TPSA) is 29.9 Å². The van der Waals surface area contributed by atoms with Gasteiger partial charge in [-0.05, 0) is 19.4 Å². The average Bonchev–Trinajstić information content (AvgIpc) is 2.46. The normalized spacial score (nSPS) is 10.8. The molecule has 0 aliphatic rings. The molecule has 1 heterocycles. The van der Waals surface area contributed by atoms with E-state index in [2.05, 4.69) is 35.2 Å². The van der Waals surface area contributed by atoms with Crippen LogP contribution in [0.4, 0.5) is 0 Å². The van der Waals surface area contributed by atoms with Crippen molar-refractivity contribution in [2.45, 2.75) is 70.8 Å². The molecular formula is C17H31N2+. The van der Waals surface area contributed by atoms with Crippen molar-refractivity contribution in [3.05, 3.63) is 30.6 Å². The van der Waals surface area contributed by atoms with Crippen LogP contribution in [0.3, 0.4) is 0 Å². The Morgan fingerprint density at radius 2 is 1.05 bits per heavy atom. The van der Waals surface area contributed by atoms with Gasteiger partial charge in [0.15, 0.2) is 12.4 Å². The Morgan fingerprint density at radius 1 is 0.579 bits per heavy atom. The maximum Gasteiger partial charge on any atom is 0.168 e. The van der Waals surface area contributed by atoms with Crippen molar-refractivity contribution in [1.82, 2.24) is 0 Å². The first-order valence-electron chi connectivity index (χ1n) is 8.07. The third kappa shape index (κ3) is 9.66. The largest absolute Gasteiger partial charge is 0.330 e. The summed E-state index contributed by atoms with van der Waals surface area (Å²) in [4.78, 5) is 0.